The van der Waals surface area contributed by atoms with Gasteiger partial charge >= 0.3 is 0 Å². The molecule has 0 radical (unpaired) electrons. The Labute approximate surface area is 129 Å². The second kappa shape index (κ2) is 7.68. The van der Waals surface area contributed by atoms with E-state index < -0.39 is 10.8 Å². The fourth-order valence-electron chi connectivity index (χ4n) is 2.57. The first-order valence-corrected chi connectivity index (χ1v) is 7.69. The summed E-state index contributed by atoms with van der Waals surface area (Å²) in [5, 5.41) is 15.1. The van der Waals surface area contributed by atoms with Crippen LogP contribution in [-0.4, -0.2) is 16.5 Å². The van der Waals surface area contributed by atoms with E-state index in [0.717, 1.165) is 31.4 Å². The van der Waals surface area contributed by atoms with Crippen molar-refractivity contribution in [1.29, 1.82) is 0 Å². The molecule has 0 aliphatic heterocycles. The van der Waals surface area contributed by atoms with Crippen molar-refractivity contribution in [3.63, 3.8) is 0 Å². The normalized spacial score (nSPS) is 15.6. The zero-order valence-electron chi connectivity index (χ0n) is 12.8. The highest BCUT2D eigenvalue weighted by atomic mass is 16.6. The van der Waals surface area contributed by atoms with E-state index in [1.165, 1.54) is 25.3 Å². The van der Waals surface area contributed by atoms with E-state index in [2.05, 4.69) is 10.5 Å². The number of hydrazone groups is 1. The molecule has 1 amide bonds. The van der Waals surface area contributed by atoms with Crippen molar-refractivity contribution in [2.24, 2.45) is 5.10 Å². The van der Waals surface area contributed by atoms with Gasteiger partial charge in [0.2, 0.25) is 0 Å². The molecular formula is C16H21N3O3. The van der Waals surface area contributed by atoms with Gasteiger partial charge in [-0.25, -0.2) is 5.43 Å². The van der Waals surface area contributed by atoms with E-state index in [1.807, 2.05) is 0 Å². The number of benzene rings is 1. The molecule has 1 aromatic carbocycles. The third-order valence-electron chi connectivity index (χ3n) is 3.91. The first kappa shape index (κ1) is 16.1. The molecule has 0 atom stereocenters. The maximum absolute atomic E-state index is 12.1. The number of carbonyl (C=O) groups is 1. The number of aryl methyl sites for hydroxylation is 1. The molecule has 0 unspecified atom stereocenters. The molecule has 0 heterocycles. The number of hydrogen-bond acceptors (Lipinski definition) is 4. The van der Waals surface area contributed by atoms with Gasteiger partial charge in [0.15, 0.2) is 0 Å². The maximum Gasteiger partial charge on any atom is 0.273 e. The van der Waals surface area contributed by atoms with Crippen molar-refractivity contribution in [1.82, 2.24) is 5.43 Å². The van der Waals surface area contributed by atoms with Gasteiger partial charge in [-0.3, -0.25) is 14.9 Å². The molecule has 6 nitrogen and oxygen atoms in total. The van der Waals surface area contributed by atoms with E-state index >= 15 is 0 Å². The molecule has 1 fully saturated rings. The highest BCUT2D eigenvalue weighted by Crippen LogP contribution is 2.19. The SMILES string of the molecule is Cc1ccc(C(=O)NN=C2CCCCCCC2)cc1[N+](=O)[O-]. The molecular weight excluding hydrogens is 282 g/mol. The number of nitro groups is 1. The van der Waals surface area contributed by atoms with Gasteiger partial charge in [-0.2, -0.15) is 5.10 Å². The zero-order chi connectivity index (χ0) is 15.9. The molecule has 1 aliphatic carbocycles. The minimum Gasteiger partial charge on any atom is -0.267 e. The number of nitro benzene ring substituents is 1. The second-order valence-electron chi connectivity index (χ2n) is 5.65. The van der Waals surface area contributed by atoms with Crippen molar-refractivity contribution in [3.8, 4) is 0 Å². The first-order valence-electron chi connectivity index (χ1n) is 7.69. The molecule has 1 saturated carbocycles. The highest BCUT2D eigenvalue weighted by molar-refractivity contribution is 5.96. The van der Waals surface area contributed by atoms with Gasteiger partial charge in [-0.1, -0.05) is 25.3 Å². The minimum atomic E-state index is -0.479. The van der Waals surface area contributed by atoms with E-state index in [9.17, 15) is 14.9 Å². The maximum atomic E-state index is 12.1. The van der Waals surface area contributed by atoms with Crippen molar-refractivity contribution in [3.05, 3.63) is 39.4 Å². The van der Waals surface area contributed by atoms with Crippen molar-refractivity contribution >= 4 is 17.3 Å². The van der Waals surface area contributed by atoms with Crippen LogP contribution in [0.2, 0.25) is 0 Å². The summed E-state index contributed by atoms with van der Waals surface area (Å²) in [6, 6.07) is 4.45. The van der Waals surface area contributed by atoms with Crippen LogP contribution in [0.25, 0.3) is 0 Å². The Morgan fingerprint density at radius 2 is 1.82 bits per heavy atom. The Balaban J connectivity index is 2.05. The van der Waals surface area contributed by atoms with Crippen LogP contribution in [-0.2, 0) is 0 Å². The lowest BCUT2D eigenvalue weighted by atomic mass is 9.99. The third kappa shape index (κ3) is 4.38. The molecule has 22 heavy (non-hydrogen) atoms. The topological polar surface area (TPSA) is 84.6 Å². The van der Waals surface area contributed by atoms with Crippen molar-refractivity contribution < 1.29 is 9.72 Å². The van der Waals surface area contributed by atoms with Gasteiger partial charge in [0.1, 0.15) is 0 Å². The molecule has 1 N–H and O–H groups in total. The molecule has 0 aromatic heterocycles. The summed E-state index contributed by atoms with van der Waals surface area (Å²) in [7, 11) is 0. The molecule has 1 aromatic rings. The molecule has 0 bridgehead atoms. The summed E-state index contributed by atoms with van der Waals surface area (Å²) in [4.78, 5) is 22.5. The standard InChI is InChI=1S/C16H21N3O3/c1-12-9-10-13(11-15(12)19(21)22)16(20)18-17-14-7-5-3-2-4-6-8-14/h9-11H,2-8H2,1H3,(H,18,20). The number of amides is 1. The second-order valence-corrected chi connectivity index (χ2v) is 5.65. The van der Waals surface area contributed by atoms with Crippen molar-refractivity contribution in [2.75, 3.05) is 0 Å². The molecule has 0 saturated heterocycles. The Morgan fingerprint density at radius 3 is 2.45 bits per heavy atom. The molecule has 1 aliphatic rings. The predicted octanol–water partition coefficient (Wildman–Crippen LogP) is 3.73. The lowest BCUT2D eigenvalue weighted by Gasteiger charge is -2.11. The van der Waals surface area contributed by atoms with Gasteiger partial charge in [0.25, 0.3) is 11.6 Å². The van der Waals surface area contributed by atoms with Gasteiger partial charge in [-0.15, -0.1) is 0 Å². The van der Waals surface area contributed by atoms with Gasteiger partial charge < -0.3 is 0 Å². The first-order chi connectivity index (χ1) is 10.6. The molecule has 118 valence electrons. The van der Waals surface area contributed by atoms with E-state index in [-0.39, 0.29) is 11.3 Å². The van der Waals surface area contributed by atoms with Crippen molar-refractivity contribution in [2.45, 2.75) is 51.9 Å². The fourth-order valence-corrected chi connectivity index (χ4v) is 2.57. The summed E-state index contributed by atoms with van der Waals surface area (Å²) in [6.07, 6.45) is 7.71. The van der Waals surface area contributed by atoms with Crippen LogP contribution in [0.5, 0.6) is 0 Å². The Bertz CT molecular complexity index is 586. The van der Waals surface area contributed by atoms with E-state index in [0.29, 0.717) is 5.56 Å². The minimum absolute atomic E-state index is 0.0498. The lowest BCUT2D eigenvalue weighted by Crippen LogP contribution is -2.20. The van der Waals surface area contributed by atoms with Crippen LogP contribution in [0.15, 0.2) is 23.3 Å². The van der Waals surface area contributed by atoms with Gasteiger partial charge in [-0.05, 0) is 38.7 Å². The Hall–Kier alpha value is -2.24. The number of nitrogens with one attached hydrogen (secondary N) is 1. The van der Waals surface area contributed by atoms with Crippen LogP contribution in [0.3, 0.4) is 0 Å². The predicted molar refractivity (Wildman–Crippen MR) is 85.1 cm³/mol. The number of hydrogen-bond donors (Lipinski definition) is 1. The van der Waals surface area contributed by atoms with Crippen LogP contribution in [0, 0.1) is 17.0 Å². The van der Waals surface area contributed by atoms with Gasteiger partial charge in [0, 0.05) is 22.9 Å². The summed E-state index contributed by atoms with van der Waals surface area (Å²) in [5.74, 6) is -0.405. The highest BCUT2D eigenvalue weighted by Gasteiger charge is 2.15. The fraction of sp³-hybridized carbons (Fsp3) is 0.500. The number of carbonyl (C=O) groups excluding carboxylic acids is 1. The average molecular weight is 303 g/mol. The average Bonchev–Trinajstić information content (AvgIpc) is 2.46. The number of rotatable bonds is 3. The van der Waals surface area contributed by atoms with E-state index in [4.69, 9.17) is 0 Å². The lowest BCUT2D eigenvalue weighted by molar-refractivity contribution is -0.385. The molecule has 2 rings (SSSR count). The third-order valence-corrected chi connectivity index (χ3v) is 3.91. The summed E-state index contributed by atoms with van der Waals surface area (Å²) in [6.45, 7) is 1.65. The molecule has 6 heteroatoms. The van der Waals surface area contributed by atoms with E-state index in [1.54, 1.807) is 19.1 Å². The van der Waals surface area contributed by atoms with Gasteiger partial charge in [0.05, 0.1) is 4.92 Å². The monoisotopic (exact) mass is 303 g/mol. The Kier molecular flexibility index (Phi) is 5.63. The number of nitrogens with zero attached hydrogens (tertiary/aromatic N) is 2. The largest absolute Gasteiger partial charge is 0.273 e. The smallest absolute Gasteiger partial charge is 0.267 e. The Morgan fingerprint density at radius 1 is 1.18 bits per heavy atom. The van der Waals surface area contributed by atoms with Crippen LogP contribution in [0.4, 0.5) is 5.69 Å². The van der Waals surface area contributed by atoms with Crippen LogP contribution < -0.4 is 5.43 Å². The zero-order valence-corrected chi connectivity index (χ0v) is 12.8. The summed E-state index contributed by atoms with van der Waals surface area (Å²) in [5.41, 5.74) is 4.28. The summed E-state index contributed by atoms with van der Waals surface area (Å²) >= 11 is 0. The van der Waals surface area contributed by atoms with Crippen LogP contribution >= 0.6 is 0 Å². The molecule has 0 spiro atoms. The quantitative estimate of drug-likeness (QED) is 0.682. The van der Waals surface area contributed by atoms with Crippen LogP contribution in [0.1, 0.15) is 60.9 Å². The summed E-state index contributed by atoms with van der Waals surface area (Å²) < 4.78 is 0.